The van der Waals surface area contributed by atoms with E-state index >= 15 is 0 Å². The highest BCUT2D eigenvalue weighted by atomic mass is 35.5. The minimum atomic E-state index is -0.428. The van der Waals surface area contributed by atoms with Gasteiger partial charge in [-0.1, -0.05) is 47.5 Å². The summed E-state index contributed by atoms with van der Waals surface area (Å²) in [5, 5.41) is 6.85. The Hall–Kier alpha value is -3.09. The van der Waals surface area contributed by atoms with Crippen LogP contribution in [0.1, 0.15) is 0 Å². The van der Waals surface area contributed by atoms with Crippen molar-refractivity contribution in [2.75, 3.05) is 10.6 Å². The number of nitrogens with zero attached hydrogens (tertiary/aromatic N) is 2. The third kappa shape index (κ3) is 3.72. The number of H-pyrrole nitrogens is 1. The lowest BCUT2D eigenvalue weighted by Crippen LogP contribution is -2.15. The molecule has 0 aliphatic heterocycles. The fourth-order valence-corrected chi connectivity index (χ4v) is 3.02. The normalized spacial score (nSPS) is 10.7. The van der Waals surface area contributed by atoms with E-state index in [9.17, 15) is 4.79 Å². The molecule has 0 aliphatic carbocycles. The van der Waals surface area contributed by atoms with Crippen molar-refractivity contribution in [2.24, 2.45) is 0 Å². The van der Waals surface area contributed by atoms with Crippen molar-refractivity contribution in [1.82, 2.24) is 15.0 Å². The number of para-hydroxylation sites is 2. The van der Waals surface area contributed by atoms with Gasteiger partial charge in [0.05, 0.1) is 15.7 Å². The van der Waals surface area contributed by atoms with Gasteiger partial charge in [0.1, 0.15) is 11.3 Å². The summed E-state index contributed by atoms with van der Waals surface area (Å²) in [6.07, 6.45) is 0. The molecule has 0 bridgehead atoms. The first kappa shape index (κ1) is 17.3. The molecule has 0 spiro atoms. The van der Waals surface area contributed by atoms with Gasteiger partial charge in [0.2, 0.25) is 0 Å². The largest absolute Gasteiger partial charge is 0.340 e. The molecule has 4 aromatic rings. The van der Waals surface area contributed by atoms with E-state index in [4.69, 9.17) is 23.2 Å². The van der Waals surface area contributed by atoms with Crippen LogP contribution in [0, 0.1) is 0 Å². The van der Waals surface area contributed by atoms with Crippen LogP contribution in [-0.2, 0) is 0 Å². The average molecular weight is 398 g/mol. The molecule has 27 heavy (non-hydrogen) atoms. The zero-order valence-corrected chi connectivity index (χ0v) is 15.3. The molecule has 4 rings (SSSR count). The summed E-state index contributed by atoms with van der Waals surface area (Å²) in [7, 11) is 0. The van der Waals surface area contributed by atoms with E-state index in [-0.39, 0.29) is 5.82 Å². The monoisotopic (exact) mass is 397 g/mol. The molecule has 0 radical (unpaired) electrons. The van der Waals surface area contributed by atoms with Crippen LogP contribution >= 0.6 is 23.2 Å². The van der Waals surface area contributed by atoms with Crippen molar-refractivity contribution in [2.45, 2.75) is 0 Å². The molecule has 0 fully saturated rings. The van der Waals surface area contributed by atoms with Crippen molar-refractivity contribution >= 4 is 57.4 Å². The van der Waals surface area contributed by atoms with Gasteiger partial charge in [-0.25, -0.2) is 9.97 Å². The van der Waals surface area contributed by atoms with E-state index in [1.807, 2.05) is 30.3 Å². The number of anilines is 4. The molecule has 0 aliphatic rings. The molecule has 2 aromatic carbocycles. The number of benzene rings is 2. The first-order valence-electron chi connectivity index (χ1n) is 8.04. The minimum absolute atomic E-state index is 0.0862. The third-order valence-electron chi connectivity index (χ3n) is 3.81. The van der Waals surface area contributed by atoms with Crippen LogP contribution in [0.2, 0.25) is 10.0 Å². The van der Waals surface area contributed by atoms with Crippen LogP contribution in [0.5, 0.6) is 0 Å². The lowest BCUT2D eigenvalue weighted by Gasteiger charge is -2.10. The Morgan fingerprint density at radius 2 is 1.56 bits per heavy atom. The Labute approximate surface area is 164 Å². The maximum Gasteiger partial charge on any atom is 0.292 e. The maximum atomic E-state index is 12.4. The summed E-state index contributed by atoms with van der Waals surface area (Å²) < 4.78 is 0. The Bertz CT molecular complexity index is 1160. The molecule has 0 saturated carbocycles. The highest BCUT2D eigenvalue weighted by molar-refractivity contribution is 6.39. The Kier molecular flexibility index (Phi) is 4.66. The van der Waals surface area contributed by atoms with Gasteiger partial charge in [0.15, 0.2) is 11.5 Å². The molecule has 0 amide bonds. The van der Waals surface area contributed by atoms with Gasteiger partial charge in [-0.15, -0.1) is 0 Å². The van der Waals surface area contributed by atoms with E-state index in [0.717, 1.165) is 5.69 Å². The number of halogens is 2. The molecular weight excluding hydrogens is 385 g/mol. The zero-order valence-electron chi connectivity index (χ0n) is 13.8. The third-order valence-corrected chi connectivity index (χ3v) is 4.44. The summed E-state index contributed by atoms with van der Waals surface area (Å²) in [5.41, 5.74) is 1.79. The highest BCUT2D eigenvalue weighted by Crippen LogP contribution is 2.31. The fourth-order valence-electron chi connectivity index (χ4n) is 2.53. The molecule has 0 unspecified atom stereocenters. The SMILES string of the molecule is O=c1[nH]c2nc(Nc3ccccc3)ccc2nc1Nc1c(Cl)cccc1Cl. The van der Waals surface area contributed by atoms with Gasteiger partial charge in [0, 0.05) is 5.69 Å². The van der Waals surface area contributed by atoms with Crippen molar-refractivity contribution in [3.05, 3.63) is 81.1 Å². The highest BCUT2D eigenvalue weighted by Gasteiger charge is 2.11. The lowest BCUT2D eigenvalue weighted by atomic mass is 10.3. The smallest absolute Gasteiger partial charge is 0.292 e. The van der Waals surface area contributed by atoms with Crippen molar-refractivity contribution < 1.29 is 0 Å². The summed E-state index contributed by atoms with van der Waals surface area (Å²) >= 11 is 12.3. The molecule has 134 valence electrons. The molecule has 3 N–H and O–H groups in total. The Morgan fingerprint density at radius 1 is 0.815 bits per heavy atom. The average Bonchev–Trinajstić information content (AvgIpc) is 2.66. The van der Waals surface area contributed by atoms with Crippen LogP contribution in [0.4, 0.5) is 23.0 Å². The quantitative estimate of drug-likeness (QED) is 0.445. The predicted molar refractivity (Wildman–Crippen MR) is 110 cm³/mol. The second kappa shape index (κ2) is 7.26. The number of aromatic amines is 1. The van der Waals surface area contributed by atoms with Gasteiger partial charge >= 0.3 is 0 Å². The maximum absolute atomic E-state index is 12.4. The predicted octanol–water partition coefficient (Wildman–Crippen LogP) is 5.11. The van der Waals surface area contributed by atoms with Crippen LogP contribution in [0.3, 0.4) is 0 Å². The summed E-state index contributed by atoms with van der Waals surface area (Å²) in [6.45, 7) is 0. The van der Waals surface area contributed by atoms with Crippen molar-refractivity contribution in [3.8, 4) is 0 Å². The Morgan fingerprint density at radius 3 is 2.30 bits per heavy atom. The van der Waals surface area contributed by atoms with Gasteiger partial charge in [0.25, 0.3) is 5.56 Å². The summed E-state index contributed by atoms with van der Waals surface area (Å²) in [6, 6.07) is 18.2. The zero-order chi connectivity index (χ0) is 18.8. The van der Waals surface area contributed by atoms with E-state index in [1.54, 1.807) is 30.3 Å². The number of aromatic nitrogens is 3. The van der Waals surface area contributed by atoms with Crippen LogP contribution < -0.4 is 16.2 Å². The van der Waals surface area contributed by atoms with Crippen LogP contribution in [0.25, 0.3) is 11.2 Å². The van der Waals surface area contributed by atoms with E-state index in [1.165, 1.54) is 0 Å². The van der Waals surface area contributed by atoms with E-state index < -0.39 is 5.56 Å². The molecule has 0 saturated heterocycles. The number of nitrogens with one attached hydrogen (secondary N) is 3. The molecule has 2 aromatic heterocycles. The minimum Gasteiger partial charge on any atom is -0.340 e. The lowest BCUT2D eigenvalue weighted by molar-refractivity contribution is 1.17. The molecule has 8 heteroatoms. The van der Waals surface area contributed by atoms with Gasteiger partial charge in [-0.05, 0) is 36.4 Å². The molecule has 2 heterocycles. The molecule has 0 atom stereocenters. The van der Waals surface area contributed by atoms with E-state index in [0.29, 0.717) is 32.7 Å². The van der Waals surface area contributed by atoms with Crippen LogP contribution in [0.15, 0.2) is 65.5 Å². The van der Waals surface area contributed by atoms with E-state index in [2.05, 4.69) is 25.6 Å². The van der Waals surface area contributed by atoms with Gasteiger partial charge in [-0.2, -0.15) is 0 Å². The Balaban J connectivity index is 1.68. The van der Waals surface area contributed by atoms with Gasteiger partial charge in [-0.3, -0.25) is 4.79 Å². The first-order chi connectivity index (χ1) is 13.1. The topological polar surface area (TPSA) is 82.7 Å². The second-order valence-corrected chi connectivity index (χ2v) is 6.51. The first-order valence-corrected chi connectivity index (χ1v) is 8.80. The standard InChI is InChI=1S/C19H13Cl2N5O/c20-12-7-4-8-13(21)16(12)25-18-19(27)26-17-14(23-18)9-10-15(24-17)22-11-5-2-1-3-6-11/h1-10H,(H,23,25)(H2,22,24,26,27). The summed E-state index contributed by atoms with van der Waals surface area (Å²) in [5.74, 6) is 0.684. The van der Waals surface area contributed by atoms with Crippen molar-refractivity contribution in [1.29, 1.82) is 0 Å². The number of hydrogen-bond acceptors (Lipinski definition) is 5. The summed E-state index contributed by atoms with van der Waals surface area (Å²) in [4.78, 5) is 23.9. The number of fused-ring (bicyclic) bond motifs is 1. The number of pyridine rings is 1. The fraction of sp³-hybridized carbons (Fsp3) is 0. The molecule has 6 nitrogen and oxygen atoms in total. The van der Waals surface area contributed by atoms with Gasteiger partial charge < -0.3 is 15.6 Å². The molecular formula is C19H13Cl2N5O. The number of hydrogen-bond donors (Lipinski definition) is 3. The second-order valence-electron chi connectivity index (χ2n) is 5.69. The number of rotatable bonds is 4. The van der Waals surface area contributed by atoms with Crippen molar-refractivity contribution in [3.63, 3.8) is 0 Å². The van der Waals surface area contributed by atoms with Crippen LogP contribution in [-0.4, -0.2) is 15.0 Å².